The van der Waals surface area contributed by atoms with Crippen LogP contribution in [0.3, 0.4) is 0 Å². The Hall–Kier alpha value is -3.07. The molecule has 3 unspecified atom stereocenters. The van der Waals surface area contributed by atoms with E-state index in [4.69, 9.17) is 11.6 Å². The number of carbonyl (C=O) groups is 1. The fourth-order valence-corrected chi connectivity index (χ4v) is 5.47. The van der Waals surface area contributed by atoms with Crippen LogP contribution in [0, 0.1) is 12.8 Å². The lowest BCUT2D eigenvalue weighted by Crippen LogP contribution is -2.37. The van der Waals surface area contributed by atoms with Gasteiger partial charge in [-0.3, -0.25) is 14.8 Å². The maximum atomic E-state index is 13.7. The van der Waals surface area contributed by atoms with Gasteiger partial charge in [0, 0.05) is 36.9 Å². The average molecular weight is 488 g/mol. The molecule has 0 saturated carbocycles. The van der Waals surface area contributed by atoms with E-state index in [0.717, 1.165) is 37.1 Å². The first-order valence-electron chi connectivity index (χ1n) is 11.0. The average Bonchev–Trinajstić information content (AvgIpc) is 3.37. The molecule has 3 aromatic rings. The molecule has 34 heavy (non-hydrogen) atoms. The van der Waals surface area contributed by atoms with E-state index in [1.807, 2.05) is 17.9 Å². The molecule has 2 bridgehead atoms. The lowest BCUT2D eigenvalue weighted by atomic mass is 9.86. The number of amides is 1. The van der Waals surface area contributed by atoms with E-state index in [1.54, 1.807) is 24.7 Å². The molecule has 3 atom stereocenters. The number of alkyl halides is 3. The van der Waals surface area contributed by atoms with Crippen LogP contribution in [0.4, 0.5) is 13.2 Å². The number of hydrogen-bond donors (Lipinski definition) is 0. The summed E-state index contributed by atoms with van der Waals surface area (Å²) in [4.78, 5) is 32.6. The van der Waals surface area contributed by atoms with E-state index in [9.17, 15) is 18.0 Å². The van der Waals surface area contributed by atoms with E-state index in [1.165, 1.54) is 0 Å². The van der Waals surface area contributed by atoms with Gasteiger partial charge in [-0.05, 0) is 62.3 Å². The lowest BCUT2D eigenvalue weighted by Gasteiger charge is -2.25. The Kier molecular flexibility index (Phi) is 5.75. The van der Waals surface area contributed by atoms with Crippen molar-refractivity contribution in [3.63, 3.8) is 0 Å². The largest absolute Gasteiger partial charge is 0.417 e. The second-order valence-electron chi connectivity index (χ2n) is 8.78. The fraction of sp³-hybridized carbons (Fsp3) is 0.375. The molecule has 0 aromatic carbocycles. The van der Waals surface area contributed by atoms with Gasteiger partial charge in [-0.1, -0.05) is 11.6 Å². The van der Waals surface area contributed by atoms with Gasteiger partial charge in [0.25, 0.3) is 5.91 Å². The van der Waals surface area contributed by atoms with Crippen LogP contribution in [-0.4, -0.2) is 42.8 Å². The minimum absolute atomic E-state index is 0.000613. The van der Waals surface area contributed by atoms with Crippen molar-refractivity contribution < 1.29 is 18.0 Å². The molecule has 0 radical (unpaired) electrons. The number of fused-ring (bicyclic) bond motifs is 2. The molecule has 5 heterocycles. The Labute approximate surface area is 199 Å². The predicted octanol–water partition coefficient (Wildman–Crippen LogP) is 5.15. The summed E-state index contributed by atoms with van der Waals surface area (Å²) in [6.45, 7) is 1.89. The first kappa shape index (κ1) is 22.7. The summed E-state index contributed by atoms with van der Waals surface area (Å²) in [6.07, 6.45) is 4.05. The molecule has 2 aliphatic heterocycles. The smallest absolute Gasteiger partial charge is 0.331 e. The predicted molar refractivity (Wildman–Crippen MR) is 119 cm³/mol. The zero-order valence-electron chi connectivity index (χ0n) is 18.3. The van der Waals surface area contributed by atoms with Gasteiger partial charge in [-0.15, -0.1) is 0 Å². The Morgan fingerprint density at radius 3 is 2.62 bits per heavy atom. The van der Waals surface area contributed by atoms with Crippen molar-refractivity contribution in [2.75, 3.05) is 0 Å². The highest BCUT2D eigenvalue weighted by atomic mass is 35.5. The number of aryl methyl sites for hydroxylation is 1. The van der Waals surface area contributed by atoms with Crippen molar-refractivity contribution in [3.05, 3.63) is 70.5 Å². The molecule has 0 aliphatic carbocycles. The van der Waals surface area contributed by atoms with Crippen LogP contribution in [0.15, 0.2) is 43.0 Å². The van der Waals surface area contributed by atoms with Crippen molar-refractivity contribution in [2.24, 2.45) is 5.92 Å². The third-order valence-electron chi connectivity index (χ3n) is 6.75. The summed E-state index contributed by atoms with van der Waals surface area (Å²) in [5.41, 5.74) is 1.34. The first-order valence-corrected chi connectivity index (χ1v) is 11.4. The van der Waals surface area contributed by atoms with E-state index >= 15 is 0 Å². The van der Waals surface area contributed by atoms with E-state index in [2.05, 4.69) is 19.9 Å². The van der Waals surface area contributed by atoms with Crippen LogP contribution < -0.4 is 0 Å². The molecule has 10 heteroatoms. The number of hydrogen-bond acceptors (Lipinski definition) is 5. The quantitative estimate of drug-likeness (QED) is 0.509. The Bertz CT molecular complexity index is 1240. The number of pyridine rings is 2. The summed E-state index contributed by atoms with van der Waals surface area (Å²) in [5, 5.41) is -0.000613. The maximum absolute atomic E-state index is 13.7. The minimum Gasteiger partial charge on any atom is -0.331 e. The molecule has 6 nitrogen and oxygen atoms in total. The Balaban J connectivity index is 1.41. The van der Waals surface area contributed by atoms with Crippen LogP contribution in [-0.2, 0) is 12.6 Å². The number of rotatable bonds is 4. The minimum atomic E-state index is -4.49. The molecule has 176 valence electrons. The monoisotopic (exact) mass is 487 g/mol. The molecule has 3 aromatic heterocycles. The first-order chi connectivity index (χ1) is 16.2. The highest BCUT2D eigenvalue weighted by molar-refractivity contribution is 6.31. The Morgan fingerprint density at radius 1 is 1.15 bits per heavy atom. The van der Waals surface area contributed by atoms with Crippen molar-refractivity contribution in [1.82, 2.24) is 24.8 Å². The van der Waals surface area contributed by atoms with Crippen molar-refractivity contribution in [2.45, 2.75) is 50.9 Å². The molecule has 2 aliphatic rings. The van der Waals surface area contributed by atoms with Crippen LogP contribution in [0.2, 0.25) is 5.02 Å². The second kappa shape index (κ2) is 8.61. The zero-order chi connectivity index (χ0) is 24.0. The standard InChI is InChI=1S/C24H21ClF3N5O/c1-13-5-8-29-21(20(13)22-30-6-2-7-31-22)23(34)33-16-3-4-19(33)14(9-16)10-18-17(25)11-15(12-32-18)24(26,27)28/h2,5-8,11-12,14,16,19H,3-4,9-10H2,1H3. The summed E-state index contributed by atoms with van der Waals surface area (Å²) < 4.78 is 38.9. The molecular weight excluding hydrogens is 467 g/mol. The van der Waals surface area contributed by atoms with Gasteiger partial charge in [0.1, 0.15) is 5.69 Å². The van der Waals surface area contributed by atoms with Crippen LogP contribution >= 0.6 is 11.6 Å². The summed E-state index contributed by atoms with van der Waals surface area (Å²) in [6, 6.07) is 4.44. The van der Waals surface area contributed by atoms with Crippen molar-refractivity contribution in [3.8, 4) is 11.4 Å². The Morgan fingerprint density at radius 2 is 1.91 bits per heavy atom. The van der Waals surface area contributed by atoms with Gasteiger partial charge >= 0.3 is 6.18 Å². The third kappa shape index (κ3) is 4.02. The summed E-state index contributed by atoms with van der Waals surface area (Å²) in [5.74, 6) is 0.332. The topological polar surface area (TPSA) is 71.9 Å². The van der Waals surface area contributed by atoms with Crippen molar-refractivity contribution >= 4 is 17.5 Å². The maximum Gasteiger partial charge on any atom is 0.417 e. The van der Waals surface area contributed by atoms with Crippen molar-refractivity contribution in [1.29, 1.82) is 0 Å². The molecule has 1 amide bonds. The van der Waals surface area contributed by atoms with E-state index in [0.29, 0.717) is 29.2 Å². The molecule has 0 N–H and O–H groups in total. The second-order valence-corrected chi connectivity index (χ2v) is 9.19. The fourth-order valence-electron chi connectivity index (χ4n) is 5.22. The van der Waals surface area contributed by atoms with E-state index in [-0.39, 0.29) is 28.9 Å². The number of carbonyl (C=O) groups excluding carboxylic acids is 1. The summed E-state index contributed by atoms with van der Waals surface area (Å²) in [7, 11) is 0. The van der Waals surface area contributed by atoms with Gasteiger partial charge in [-0.25, -0.2) is 9.97 Å². The SMILES string of the molecule is Cc1ccnc(C(=O)N2C3CCC2C(Cc2ncc(C(F)(F)F)cc2Cl)C3)c1-c1ncccn1. The van der Waals surface area contributed by atoms with Crippen LogP contribution in [0.25, 0.3) is 11.4 Å². The molecule has 0 spiro atoms. The number of aromatic nitrogens is 4. The number of nitrogens with zero attached hydrogens (tertiary/aromatic N) is 5. The molecule has 5 rings (SSSR count). The summed E-state index contributed by atoms with van der Waals surface area (Å²) >= 11 is 6.15. The van der Waals surface area contributed by atoms with Gasteiger partial charge < -0.3 is 4.90 Å². The highest BCUT2D eigenvalue weighted by Crippen LogP contribution is 2.45. The third-order valence-corrected chi connectivity index (χ3v) is 7.08. The van der Waals surface area contributed by atoms with Gasteiger partial charge in [0.05, 0.1) is 21.8 Å². The van der Waals surface area contributed by atoms with Crippen LogP contribution in [0.1, 0.15) is 46.6 Å². The zero-order valence-corrected chi connectivity index (χ0v) is 19.0. The van der Waals surface area contributed by atoms with E-state index < -0.39 is 11.7 Å². The molecule has 2 fully saturated rings. The van der Waals surface area contributed by atoms with Gasteiger partial charge in [0.15, 0.2) is 5.82 Å². The lowest BCUT2D eigenvalue weighted by molar-refractivity contribution is -0.137. The molecular formula is C24H21ClF3N5O. The number of halogens is 4. The van der Waals surface area contributed by atoms with Gasteiger partial charge in [0.2, 0.25) is 0 Å². The van der Waals surface area contributed by atoms with Gasteiger partial charge in [-0.2, -0.15) is 13.2 Å². The molecule has 2 saturated heterocycles. The normalized spacial score (nSPS) is 21.8. The highest BCUT2D eigenvalue weighted by Gasteiger charge is 2.49. The van der Waals surface area contributed by atoms with Crippen LogP contribution in [0.5, 0.6) is 0 Å².